The Morgan fingerprint density at radius 3 is 2.35 bits per heavy atom. The molecule has 0 aromatic heterocycles. The van der Waals surface area contributed by atoms with E-state index in [1.165, 1.54) is 7.11 Å². The van der Waals surface area contributed by atoms with E-state index in [4.69, 9.17) is 33.4 Å². The van der Waals surface area contributed by atoms with Gasteiger partial charge in [0.25, 0.3) is 6.02 Å². The Labute approximate surface area is 374 Å². The molecule has 16 nitrogen and oxygen atoms in total. The largest absolute Gasteiger partial charge is 0.454 e. The van der Waals surface area contributed by atoms with Crippen molar-refractivity contribution >= 4 is 23.7 Å². The molecule has 1 aromatic rings. The number of methoxy groups -OCH3 is 1. The summed E-state index contributed by atoms with van der Waals surface area (Å²) in [5.74, 6) is -2.89. The van der Waals surface area contributed by atoms with Crippen molar-refractivity contribution < 1.29 is 53.0 Å². The third-order valence-electron chi connectivity index (χ3n) is 14.0. The quantitative estimate of drug-likeness (QED) is 0.347. The Balaban J connectivity index is 1.43. The zero-order valence-corrected chi connectivity index (χ0v) is 39.6. The van der Waals surface area contributed by atoms with Crippen LogP contribution < -0.4 is 5.32 Å². The molecule has 0 saturated carbocycles. The number of aliphatic imine (C=N–C) groups is 1. The number of benzene rings is 1. The van der Waals surface area contributed by atoms with Gasteiger partial charge in [0, 0.05) is 59.1 Å². The summed E-state index contributed by atoms with van der Waals surface area (Å²) in [7, 11) is 5.22. The minimum absolute atomic E-state index is 0.0173. The van der Waals surface area contributed by atoms with Crippen LogP contribution in [0.15, 0.2) is 35.3 Å². The van der Waals surface area contributed by atoms with Gasteiger partial charge in [0.15, 0.2) is 18.7 Å². The number of likely N-dealkylation sites (N-methyl/N-ethyl adjacent to an activating group) is 2. The normalized spacial score (nSPS) is 41.7. The van der Waals surface area contributed by atoms with Crippen LogP contribution in [0.25, 0.3) is 0 Å². The SMILES string of the molecule is CO[C@]1(C)C[C@H](O[C@H]2[C@H](C)[C@@H](O[C@@H]3O[C@H](C)C[C@H]4[C@H]3OC(=NC(C)C)N4C)[C@](C)(O)C[C@@H](C)CN(C)C(=O)[C@@H]3CCCN3C(=O)[C@H](Cc3ccccc3)NC(=O)[C@@H]2C)O[C@@H](C)[C@@H]1O. The number of amidine groups is 1. The summed E-state index contributed by atoms with van der Waals surface area (Å²) < 4.78 is 39.2. The van der Waals surface area contributed by atoms with Gasteiger partial charge < -0.3 is 58.7 Å². The van der Waals surface area contributed by atoms with Crippen molar-refractivity contribution in [2.24, 2.45) is 22.7 Å². The van der Waals surface area contributed by atoms with E-state index in [1.807, 2.05) is 76.9 Å². The summed E-state index contributed by atoms with van der Waals surface area (Å²) in [6.45, 7) is 17.5. The van der Waals surface area contributed by atoms with Gasteiger partial charge in [-0.05, 0) is 78.7 Å². The number of carbonyl (C=O) groups excluding carboxylic acids is 3. The Bertz CT molecular complexity index is 1770. The van der Waals surface area contributed by atoms with E-state index >= 15 is 0 Å². The molecule has 5 heterocycles. The number of fused-ring (bicyclic) bond motifs is 2. The molecule has 63 heavy (non-hydrogen) atoms. The van der Waals surface area contributed by atoms with Gasteiger partial charge in [-0.3, -0.25) is 14.4 Å². The van der Waals surface area contributed by atoms with E-state index in [-0.39, 0.29) is 55.2 Å². The van der Waals surface area contributed by atoms with Gasteiger partial charge in [0.05, 0.1) is 47.6 Å². The maximum absolute atomic E-state index is 14.9. The van der Waals surface area contributed by atoms with Gasteiger partial charge in [0.2, 0.25) is 17.7 Å². The van der Waals surface area contributed by atoms with Gasteiger partial charge >= 0.3 is 0 Å². The molecular weight excluding hydrogens is 811 g/mol. The van der Waals surface area contributed by atoms with Crippen LogP contribution in [-0.2, 0) is 49.2 Å². The van der Waals surface area contributed by atoms with Crippen molar-refractivity contribution in [3.8, 4) is 0 Å². The van der Waals surface area contributed by atoms with Crippen molar-refractivity contribution in [2.45, 2.75) is 185 Å². The van der Waals surface area contributed by atoms with Crippen LogP contribution in [0, 0.1) is 17.8 Å². The number of nitrogens with zero attached hydrogens (tertiary/aromatic N) is 4. The van der Waals surface area contributed by atoms with Crippen LogP contribution in [0.2, 0.25) is 0 Å². The standard InChI is InChI=1S/C47H75N5O11/c1-26(2)48-45-51(11)35-21-28(4)59-44(38(35)62-45)63-40-29(5)37(61-36-24-47(9,58-12)39(53)31(7)60-36)30(6)41(54)49-33(22-32-17-14-13-15-18-32)42(55)52-20-16-19-34(52)43(56)50(10)25-27(3)23-46(40,8)57/h13-15,17-18,26-31,33-40,44,53,57H,16,19-25H2,1-12H3,(H,49,54)/t27-,28-,29+,30-,31+,33+,34+,35+,36+,37+,38-,39+,40-,44+,46-,47-/m1/s1. The van der Waals surface area contributed by atoms with Gasteiger partial charge in [-0.2, -0.15) is 0 Å². The first-order chi connectivity index (χ1) is 29.6. The van der Waals surface area contributed by atoms with Gasteiger partial charge in [-0.25, -0.2) is 4.99 Å². The van der Waals surface area contributed by atoms with E-state index in [1.54, 1.807) is 44.5 Å². The Morgan fingerprint density at radius 1 is 0.984 bits per heavy atom. The summed E-state index contributed by atoms with van der Waals surface area (Å²) in [6.07, 6.45) is -4.00. The number of amides is 3. The molecule has 16 atom stereocenters. The molecule has 5 aliphatic rings. The summed E-state index contributed by atoms with van der Waals surface area (Å²) in [4.78, 5) is 53.8. The lowest BCUT2D eigenvalue weighted by Crippen LogP contribution is -2.61. The smallest absolute Gasteiger partial charge is 0.288 e. The summed E-state index contributed by atoms with van der Waals surface area (Å²) in [5.41, 5.74) is -1.77. The fraction of sp³-hybridized carbons (Fsp3) is 0.787. The molecule has 16 heteroatoms. The Hall–Kier alpha value is -3.38. The third kappa shape index (κ3) is 10.8. The fourth-order valence-corrected chi connectivity index (χ4v) is 10.6. The molecule has 5 saturated heterocycles. The molecule has 354 valence electrons. The van der Waals surface area contributed by atoms with Crippen LogP contribution in [0.1, 0.15) is 100.0 Å². The number of hydrogen-bond donors (Lipinski definition) is 3. The second-order valence-electron chi connectivity index (χ2n) is 19.9. The molecule has 6 rings (SSSR count). The minimum atomic E-state index is -1.58. The van der Waals surface area contributed by atoms with Gasteiger partial charge in [-0.1, -0.05) is 51.1 Å². The average Bonchev–Trinajstić information content (AvgIpc) is 3.83. The molecule has 5 aliphatic heterocycles. The first kappa shape index (κ1) is 49.1. The van der Waals surface area contributed by atoms with Crippen LogP contribution in [-0.4, -0.2) is 168 Å². The van der Waals surface area contributed by atoms with Crippen molar-refractivity contribution in [1.29, 1.82) is 0 Å². The van der Waals surface area contributed by atoms with Gasteiger partial charge in [-0.15, -0.1) is 0 Å². The molecule has 0 aliphatic carbocycles. The predicted octanol–water partition coefficient (Wildman–Crippen LogP) is 3.50. The second kappa shape index (κ2) is 20.0. The summed E-state index contributed by atoms with van der Waals surface area (Å²) >= 11 is 0. The predicted molar refractivity (Wildman–Crippen MR) is 235 cm³/mol. The zero-order chi connectivity index (χ0) is 46.1. The van der Waals surface area contributed by atoms with Crippen molar-refractivity contribution in [1.82, 2.24) is 20.0 Å². The van der Waals surface area contributed by atoms with E-state index in [0.29, 0.717) is 38.4 Å². The lowest BCUT2D eigenvalue weighted by Gasteiger charge is -2.48. The molecule has 3 amide bonds. The highest BCUT2D eigenvalue weighted by molar-refractivity contribution is 5.93. The molecule has 0 radical (unpaired) electrons. The highest BCUT2D eigenvalue weighted by Gasteiger charge is 2.54. The highest BCUT2D eigenvalue weighted by atomic mass is 16.7. The number of aliphatic hydroxyl groups excluding tert-OH is 1. The topological polar surface area (TPSA) is 181 Å². The van der Waals surface area contributed by atoms with Crippen LogP contribution >= 0.6 is 0 Å². The number of aliphatic hydroxyl groups is 2. The minimum Gasteiger partial charge on any atom is -0.454 e. The number of rotatable bonds is 8. The molecule has 0 spiro atoms. The molecule has 0 unspecified atom stereocenters. The van der Waals surface area contributed by atoms with E-state index in [0.717, 1.165) is 5.56 Å². The summed E-state index contributed by atoms with van der Waals surface area (Å²) in [5, 5.41) is 27.1. The molecule has 5 fully saturated rings. The number of hydrogen-bond acceptors (Lipinski definition) is 12. The maximum Gasteiger partial charge on any atom is 0.288 e. The Kier molecular flexibility index (Phi) is 15.6. The number of nitrogens with one attached hydrogen (secondary N) is 1. The molecular formula is C47H75N5O11. The van der Waals surface area contributed by atoms with Crippen molar-refractivity contribution in [2.75, 3.05) is 34.3 Å². The van der Waals surface area contributed by atoms with E-state index in [9.17, 15) is 24.6 Å². The zero-order valence-electron chi connectivity index (χ0n) is 39.6. The van der Waals surface area contributed by atoms with E-state index in [2.05, 4.69) is 5.32 Å². The molecule has 1 aromatic carbocycles. The summed E-state index contributed by atoms with van der Waals surface area (Å²) in [6, 6.07) is 8.15. The van der Waals surface area contributed by atoms with E-state index < -0.39 is 84.1 Å². The molecule has 0 bridgehead atoms. The monoisotopic (exact) mass is 886 g/mol. The number of carbonyl (C=O) groups is 3. The average molecular weight is 886 g/mol. The van der Waals surface area contributed by atoms with Gasteiger partial charge in [0.1, 0.15) is 18.2 Å². The lowest BCUT2D eigenvalue weighted by molar-refractivity contribution is -0.313. The fourth-order valence-electron chi connectivity index (χ4n) is 10.6. The first-order valence-electron chi connectivity index (χ1n) is 23.1. The lowest BCUT2D eigenvalue weighted by atomic mass is 9.77. The number of ether oxygens (including phenoxy) is 6. The third-order valence-corrected chi connectivity index (χ3v) is 14.0. The molecule has 3 N–H and O–H groups in total. The van der Waals surface area contributed by atoms with Crippen LogP contribution in [0.3, 0.4) is 0 Å². The van der Waals surface area contributed by atoms with Crippen molar-refractivity contribution in [3.05, 3.63) is 35.9 Å². The second-order valence-corrected chi connectivity index (χ2v) is 19.9. The van der Waals surface area contributed by atoms with Crippen molar-refractivity contribution in [3.63, 3.8) is 0 Å². The highest BCUT2D eigenvalue weighted by Crippen LogP contribution is 2.41. The van der Waals surface area contributed by atoms with Crippen LogP contribution in [0.5, 0.6) is 0 Å². The Morgan fingerprint density at radius 2 is 1.68 bits per heavy atom. The first-order valence-corrected chi connectivity index (χ1v) is 23.1. The maximum atomic E-state index is 14.9. The van der Waals surface area contributed by atoms with Crippen LogP contribution in [0.4, 0.5) is 0 Å².